The number of nitrogens with one attached hydrogen (secondary N) is 1. The van der Waals surface area contributed by atoms with E-state index in [1.165, 1.54) is 0 Å². The van der Waals surface area contributed by atoms with E-state index in [2.05, 4.69) is 9.71 Å². The zero-order valence-electron chi connectivity index (χ0n) is 12.9. The van der Waals surface area contributed by atoms with Crippen molar-refractivity contribution in [2.24, 2.45) is 4.99 Å². The molecule has 0 heterocycles. The summed E-state index contributed by atoms with van der Waals surface area (Å²) in [5.41, 5.74) is 2.14. The molecule has 1 N–H and O–H groups in total. The van der Waals surface area contributed by atoms with Gasteiger partial charge in [0.05, 0.1) is 10.8 Å². The van der Waals surface area contributed by atoms with E-state index >= 15 is 0 Å². The molecule has 0 atom stereocenters. The highest BCUT2D eigenvalue weighted by molar-refractivity contribution is 7.90. The van der Waals surface area contributed by atoms with Crippen LogP contribution in [0, 0.1) is 6.92 Å². The second-order valence-electron chi connectivity index (χ2n) is 5.12. The maximum Gasteiger partial charge on any atom is 0.262 e. The fourth-order valence-corrected chi connectivity index (χ4v) is 3.29. The minimum atomic E-state index is -3.65. The average Bonchev–Trinajstić information content (AvgIpc) is 2.55. The second-order valence-corrected chi connectivity index (χ2v) is 7.07. The highest BCUT2D eigenvalue weighted by atomic mass is 35.5. The maximum absolute atomic E-state index is 12.3. The first-order chi connectivity index (χ1) is 11.0. The van der Waals surface area contributed by atoms with Crippen molar-refractivity contribution in [1.29, 1.82) is 0 Å². The van der Waals surface area contributed by atoms with Crippen LogP contribution < -0.4 is 4.72 Å². The summed E-state index contributed by atoms with van der Waals surface area (Å²) in [6.07, 6.45) is 0.730. The van der Waals surface area contributed by atoms with Gasteiger partial charge in [0.2, 0.25) is 0 Å². The number of nitrogens with zero attached hydrogens (tertiary/aromatic N) is 1. The minimum absolute atomic E-state index is 0.0138. The molecule has 122 valence electrons. The van der Waals surface area contributed by atoms with Crippen LogP contribution in [-0.4, -0.2) is 26.7 Å². The minimum Gasteiger partial charge on any atom is -0.270 e. The summed E-state index contributed by atoms with van der Waals surface area (Å²) in [5, 5.41) is 0. The maximum atomic E-state index is 12.3. The van der Waals surface area contributed by atoms with Crippen molar-refractivity contribution in [2.45, 2.75) is 18.2 Å². The summed E-state index contributed by atoms with van der Waals surface area (Å²) < 4.78 is 27.0. The SMILES string of the molecule is Cc1ccc(S(=O)(=O)NC(CCl)=NCCc2ccccc2)cc1. The van der Waals surface area contributed by atoms with Crippen molar-refractivity contribution in [3.63, 3.8) is 0 Å². The fraction of sp³-hybridized carbons (Fsp3) is 0.235. The second kappa shape index (κ2) is 8.13. The molecular formula is C17H19ClN2O2S. The Hall–Kier alpha value is -1.85. The van der Waals surface area contributed by atoms with Crippen LogP contribution in [-0.2, 0) is 16.4 Å². The van der Waals surface area contributed by atoms with E-state index in [9.17, 15) is 8.42 Å². The number of rotatable bonds is 6. The molecule has 0 unspecified atom stereocenters. The number of benzene rings is 2. The van der Waals surface area contributed by atoms with Crippen molar-refractivity contribution in [2.75, 3.05) is 12.4 Å². The van der Waals surface area contributed by atoms with Gasteiger partial charge in [0.15, 0.2) is 0 Å². The van der Waals surface area contributed by atoms with E-state index in [0.717, 1.165) is 17.5 Å². The van der Waals surface area contributed by atoms with E-state index in [0.29, 0.717) is 6.54 Å². The Kier molecular flexibility index (Phi) is 6.19. The Labute approximate surface area is 142 Å². The van der Waals surface area contributed by atoms with Crippen molar-refractivity contribution >= 4 is 27.5 Å². The molecule has 0 saturated carbocycles. The predicted molar refractivity (Wildman–Crippen MR) is 94.7 cm³/mol. The molecule has 0 bridgehead atoms. The number of amidine groups is 1. The lowest BCUT2D eigenvalue weighted by Gasteiger charge is -2.09. The third-order valence-electron chi connectivity index (χ3n) is 3.26. The molecule has 0 aliphatic rings. The third kappa shape index (κ3) is 5.37. The monoisotopic (exact) mass is 350 g/mol. The molecule has 0 amide bonds. The van der Waals surface area contributed by atoms with Crippen molar-refractivity contribution in [3.05, 3.63) is 65.7 Å². The van der Waals surface area contributed by atoms with E-state index in [-0.39, 0.29) is 16.6 Å². The Morgan fingerprint density at radius 1 is 1.09 bits per heavy atom. The number of hydrogen-bond acceptors (Lipinski definition) is 3. The fourth-order valence-electron chi connectivity index (χ4n) is 2.00. The van der Waals surface area contributed by atoms with Gasteiger partial charge < -0.3 is 0 Å². The summed E-state index contributed by atoms with van der Waals surface area (Å²) >= 11 is 5.81. The molecule has 23 heavy (non-hydrogen) atoms. The van der Waals surface area contributed by atoms with E-state index in [4.69, 9.17) is 11.6 Å². The Balaban J connectivity index is 2.03. The number of halogens is 1. The molecule has 0 aliphatic heterocycles. The number of aliphatic imine (C=N–C) groups is 1. The summed E-state index contributed by atoms with van der Waals surface area (Å²) in [4.78, 5) is 4.46. The Bertz CT molecular complexity index is 757. The molecule has 6 heteroatoms. The molecule has 2 aromatic rings. The van der Waals surface area contributed by atoms with Crippen LogP contribution in [0.5, 0.6) is 0 Å². The average molecular weight is 351 g/mol. The van der Waals surface area contributed by atoms with Gasteiger partial charge in [-0.1, -0.05) is 48.0 Å². The number of aryl methyl sites for hydroxylation is 1. The lowest BCUT2D eigenvalue weighted by Crippen LogP contribution is -2.32. The number of hydrogen-bond donors (Lipinski definition) is 1. The molecule has 0 spiro atoms. The molecule has 0 aliphatic carbocycles. The Morgan fingerprint density at radius 2 is 1.74 bits per heavy atom. The van der Waals surface area contributed by atoms with Crippen LogP contribution in [0.2, 0.25) is 0 Å². The summed E-state index contributed by atoms with van der Waals surface area (Å²) in [5.74, 6) is 0.267. The third-order valence-corrected chi connectivity index (χ3v) is 4.91. The molecule has 0 radical (unpaired) electrons. The topological polar surface area (TPSA) is 58.5 Å². The number of alkyl halides is 1. The summed E-state index contributed by atoms with van der Waals surface area (Å²) in [7, 11) is -3.65. The molecule has 0 aromatic heterocycles. The van der Waals surface area contributed by atoms with Gasteiger partial charge in [-0.15, -0.1) is 11.6 Å². The van der Waals surface area contributed by atoms with Gasteiger partial charge in [-0.05, 0) is 31.0 Å². The quantitative estimate of drug-likeness (QED) is 0.494. The lowest BCUT2D eigenvalue weighted by atomic mass is 10.2. The van der Waals surface area contributed by atoms with Crippen LogP contribution in [0.3, 0.4) is 0 Å². The zero-order chi connectivity index (χ0) is 16.7. The van der Waals surface area contributed by atoms with Crippen molar-refractivity contribution in [3.8, 4) is 0 Å². The van der Waals surface area contributed by atoms with E-state index in [1.807, 2.05) is 37.3 Å². The zero-order valence-corrected chi connectivity index (χ0v) is 14.4. The number of sulfonamides is 1. The van der Waals surface area contributed by atoms with Crippen LogP contribution >= 0.6 is 11.6 Å². The largest absolute Gasteiger partial charge is 0.270 e. The van der Waals surface area contributed by atoms with Crippen molar-refractivity contribution < 1.29 is 8.42 Å². The van der Waals surface area contributed by atoms with Gasteiger partial charge in [-0.25, -0.2) is 8.42 Å². The highest BCUT2D eigenvalue weighted by Gasteiger charge is 2.15. The van der Waals surface area contributed by atoms with Gasteiger partial charge in [0.1, 0.15) is 5.84 Å². The first-order valence-corrected chi connectivity index (χ1v) is 9.26. The first kappa shape index (κ1) is 17.5. The van der Waals surface area contributed by atoms with Crippen molar-refractivity contribution in [1.82, 2.24) is 4.72 Å². The van der Waals surface area contributed by atoms with Gasteiger partial charge >= 0.3 is 0 Å². The summed E-state index contributed by atoms with van der Waals surface area (Å²) in [6, 6.07) is 16.5. The van der Waals surface area contributed by atoms with Gasteiger partial charge in [0, 0.05) is 6.54 Å². The predicted octanol–water partition coefficient (Wildman–Crippen LogP) is 3.15. The van der Waals surface area contributed by atoms with Gasteiger partial charge in [-0.3, -0.25) is 9.71 Å². The Morgan fingerprint density at radius 3 is 2.35 bits per heavy atom. The molecule has 0 fully saturated rings. The van der Waals surface area contributed by atoms with E-state index < -0.39 is 10.0 Å². The summed E-state index contributed by atoms with van der Waals surface area (Å²) in [6.45, 7) is 2.38. The normalized spacial score (nSPS) is 12.2. The molecule has 0 saturated heterocycles. The molecular weight excluding hydrogens is 332 g/mol. The van der Waals surface area contributed by atoms with Gasteiger partial charge in [0.25, 0.3) is 10.0 Å². The van der Waals surface area contributed by atoms with Crippen LogP contribution in [0.4, 0.5) is 0 Å². The lowest BCUT2D eigenvalue weighted by molar-refractivity contribution is 0.592. The first-order valence-electron chi connectivity index (χ1n) is 7.24. The molecule has 4 nitrogen and oxygen atoms in total. The molecule has 2 aromatic carbocycles. The van der Waals surface area contributed by atoms with Crippen LogP contribution in [0.1, 0.15) is 11.1 Å². The van der Waals surface area contributed by atoms with Gasteiger partial charge in [-0.2, -0.15) is 0 Å². The van der Waals surface area contributed by atoms with E-state index in [1.54, 1.807) is 24.3 Å². The smallest absolute Gasteiger partial charge is 0.262 e. The molecule has 2 rings (SSSR count). The standard InChI is InChI=1S/C17H19ClN2O2S/c1-14-7-9-16(10-8-14)23(21,22)20-17(13-18)19-12-11-15-5-3-2-4-6-15/h2-10H,11-13H2,1H3,(H,19,20). The van der Waals surface area contributed by atoms with Crippen LogP contribution in [0.25, 0.3) is 0 Å². The van der Waals surface area contributed by atoms with Crippen LogP contribution in [0.15, 0.2) is 64.5 Å². The highest BCUT2D eigenvalue weighted by Crippen LogP contribution is 2.10.